The van der Waals surface area contributed by atoms with Crippen molar-refractivity contribution in [3.8, 4) is 0 Å². The standard InChI is InChI=1S/C16H17ClN2O/c1-2-15(11-5-3-7-13(17)9-11)19-16(20)12-6-4-8-14(18)10-12/h3-10,15H,2,18H2,1H3,(H,19,20). The van der Waals surface area contributed by atoms with Crippen LogP contribution in [-0.4, -0.2) is 5.91 Å². The van der Waals surface area contributed by atoms with Gasteiger partial charge in [-0.15, -0.1) is 0 Å². The van der Waals surface area contributed by atoms with Crippen LogP contribution < -0.4 is 11.1 Å². The molecule has 2 aromatic carbocycles. The molecule has 2 rings (SSSR count). The van der Waals surface area contributed by atoms with Crippen molar-refractivity contribution in [1.29, 1.82) is 0 Å². The van der Waals surface area contributed by atoms with Crippen LogP contribution in [0.4, 0.5) is 5.69 Å². The fourth-order valence-corrected chi connectivity index (χ4v) is 2.26. The van der Waals surface area contributed by atoms with Gasteiger partial charge in [-0.25, -0.2) is 0 Å². The smallest absolute Gasteiger partial charge is 0.251 e. The van der Waals surface area contributed by atoms with Crippen LogP contribution >= 0.6 is 11.6 Å². The van der Waals surface area contributed by atoms with Gasteiger partial charge in [-0.3, -0.25) is 4.79 Å². The van der Waals surface area contributed by atoms with E-state index in [0.717, 1.165) is 12.0 Å². The van der Waals surface area contributed by atoms with E-state index in [0.29, 0.717) is 16.3 Å². The van der Waals surface area contributed by atoms with Gasteiger partial charge in [0.1, 0.15) is 0 Å². The fraction of sp³-hybridized carbons (Fsp3) is 0.188. The largest absolute Gasteiger partial charge is 0.399 e. The molecule has 3 N–H and O–H groups in total. The second kappa shape index (κ2) is 6.44. The minimum Gasteiger partial charge on any atom is -0.399 e. The van der Waals surface area contributed by atoms with E-state index in [4.69, 9.17) is 17.3 Å². The van der Waals surface area contributed by atoms with Crippen molar-refractivity contribution >= 4 is 23.2 Å². The minimum atomic E-state index is -0.135. The highest BCUT2D eigenvalue weighted by Crippen LogP contribution is 2.21. The average Bonchev–Trinajstić information content (AvgIpc) is 2.44. The molecule has 0 aliphatic rings. The Morgan fingerprint density at radius 2 is 2.00 bits per heavy atom. The summed E-state index contributed by atoms with van der Waals surface area (Å²) in [5, 5.41) is 3.67. The molecule has 0 aliphatic carbocycles. The Morgan fingerprint density at radius 3 is 2.65 bits per heavy atom. The molecular weight excluding hydrogens is 272 g/mol. The highest BCUT2D eigenvalue weighted by Gasteiger charge is 2.14. The number of benzene rings is 2. The van der Waals surface area contributed by atoms with Crippen molar-refractivity contribution in [2.24, 2.45) is 0 Å². The number of amides is 1. The van der Waals surface area contributed by atoms with Crippen LogP contribution in [0.15, 0.2) is 48.5 Å². The molecule has 1 amide bonds. The number of hydrogen-bond acceptors (Lipinski definition) is 2. The molecule has 0 bridgehead atoms. The first-order chi connectivity index (χ1) is 9.60. The van der Waals surface area contributed by atoms with E-state index in [1.54, 1.807) is 24.3 Å². The molecule has 0 fully saturated rings. The van der Waals surface area contributed by atoms with Crippen molar-refractivity contribution in [3.05, 3.63) is 64.7 Å². The molecule has 4 heteroatoms. The van der Waals surface area contributed by atoms with Gasteiger partial charge in [0.25, 0.3) is 5.91 Å². The summed E-state index contributed by atoms with van der Waals surface area (Å²) in [6.07, 6.45) is 0.786. The minimum absolute atomic E-state index is 0.0670. The molecule has 0 heterocycles. The fourth-order valence-electron chi connectivity index (χ4n) is 2.07. The third-order valence-corrected chi connectivity index (χ3v) is 3.35. The van der Waals surface area contributed by atoms with E-state index in [1.807, 2.05) is 31.2 Å². The van der Waals surface area contributed by atoms with Gasteiger partial charge in [-0.05, 0) is 42.3 Å². The summed E-state index contributed by atoms with van der Waals surface area (Å²) >= 11 is 5.99. The van der Waals surface area contributed by atoms with Gasteiger partial charge < -0.3 is 11.1 Å². The molecule has 2 aromatic rings. The predicted molar refractivity (Wildman–Crippen MR) is 82.8 cm³/mol. The van der Waals surface area contributed by atoms with Crippen LogP contribution in [0, 0.1) is 0 Å². The number of rotatable bonds is 4. The molecule has 0 spiro atoms. The summed E-state index contributed by atoms with van der Waals surface area (Å²) in [6.45, 7) is 2.02. The quantitative estimate of drug-likeness (QED) is 0.841. The lowest BCUT2D eigenvalue weighted by Crippen LogP contribution is -2.28. The van der Waals surface area contributed by atoms with Gasteiger partial charge in [0.2, 0.25) is 0 Å². The molecule has 0 saturated carbocycles. The molecule has 104 valence electrons. The first-order valence-corrected chi connectivity index (χ1v) is 6.90. The highest BCUT2D eigenvalue weighted by atomic mass is 35.5. The summed E-state index contributed by atoms with van der Waals surface area (Å²) in [4.78, 5) is 12.2. The van der Waals surface area contributed by atoms with Crippen LogP contribution in [0.2, 0.25) is 5.02 Å². The number of hydrogen-bond donors (Lipinski definition) is 2. The lowest BCUT2D eigenvalue weighted by molar-refractivity contribution is 0.0935. The summed E-state index contributed by atoms with van der Waals surface area (Å²) in [7, 11) is 0. The number of nitrogens with two attached hydrogens (primary N) is 1. The van der Waals surface area contributed by atoms with Crippen molar-refractivity contribution in [2.75, 3.05) is 5.73 Å². The van der Waals surface area contributed by atoms with Crippen LogP contribution in [0.1, 0.15) is 35.3 Å². The van der Waals surface area contributed by atoms with E-state index < -0.39 is 0 Å². The molecule has 0 aromatic heterocycles. The number of carbonyl (C=O) groups is 1. The first-order valence-electron chi connectivity index (χ1n) is 6.52. The van der Waals surface area contributed by atoms with Gasteiger partial charge in [-0.2, -0.15) is 0 Å². The van der Waals surface area contributed by atoms with E-state index >= 15 is 0 Å². The van der Waals surface area contributed by atoms with E-state index in [9.17, 15) is 4.79 Å². The van der Waals surface area contributed by atoms with Gasteiger partial charge in [0.15, 0.2) is 0 Å². The normalized spacial score (nSPS) is 11.9. The number of halogens is 1. The van der Waals surface area contributed by atoms with Crippen molar-refractivity contribution < 1.29 is 4.79 Å². The van der Waals surface area contributed by atoms with Gasteiger partial charge in [0.05, 0.1) is 6.04 Å². The Balaban J connectivity index is 2.16. The number of carbonyl (C=O) groups excluding carboxylic acids is 1. The van der Waals surface area contributed by atoms with Crippen molar-refractivity contribution in [1.82, 2.24) is 5.32 Å². The van der Waals surface area contributed by atoms with Crippen LogP contribution in [0.5, 0.6) is 0 Å². The molecule has 0 aliphatic heterocycles. The maximum Gasteiger partial charge on any atom is 0.251 e. The molecule has 0 radical (unpaired) electrons. The predicted octanol–water partition coefficient (Wildman–Crippen LogP) is 3.80. The van der Waals surface area contributed by atoms with Crippen LogP contribution in [0.3, 0.4) is 0 Å². The Labute approximate surface area is 123 Å². The summed E-state index contributed by atoms with van der Waals surface area (Å²) in [5.41, 5.74) is 7.83. The Morgan fingerprint density at radius 1 is 1.25 bits per heavy atom. The maximum atomic E-state index is 12.2. The van der Waals surface area contributed by atoms with E-state index in [2.05, 4.69) is 5.32 Å². The molecular formula is C16H17ClN2O. The second-order valence-corrected chi connectivity index (χ2v) is 5.05. The Kier molecular flexibility index (Phi) is 4.64. The van der Waals surface area contributed by atoms with Gasteiger partial charge in [-0.1, -0.05) is 36.7 Å². The Bertz CT molecular complexity index is 613. The van der Waals surface area contributed by atoms with Crippen LogP contribution in [0.25, 0.3) is 0 Å². The summed E-state index contributed by atoms with van der Waals surface area (Å²) in [5.74, 6) is -0.135. The monoisotopic (exact) mass is 288 g/mol. The number of nitrogens with one attached hydrogen (secondary N) is 1. The summed E-state index contributed by atoms with van der Waals surface area (Å²) in [6, 6.07) is 14.4. The number of anilines is 1. The third kappa shape index (κ3) is 3.52. The maximum absolute atomic E-state index is 12.2. The lowest BCUT2D eigenvalue weighted by atomic mass is 10.0. The van der Waals surface area contributed by atoms with Crippen molar-refractivity contribution in [3.63, 3.8) is 0 Å². The molecule has 3 nitrogen and oxygen atoms in total. The lowest BCUT2D eigenvalue weighted by Gasteiger charge is -2.18. The molecule has 0 saturated heterocycles. The zero-order valence-electron chi connectivity index (χ0n) is 11.3. The van der Waals surface area contributed by atoms with Gasteiger partial charge in [0, 0.05) is 16.3 Å². The topological polar surface area (TPSA) is 55.1 Å². The second-order valence-electron chi connectivity index (χ2n) is 4.61. The van der Waals surface area contributed by atoms with E-state index in [1.165, 1.54) is 0 Å². The summed E-state index contributed by atoms with van der Waals surface area (Å²) < 4.78 is 0. The first kappa shape index (κ1) is 14.4. The highest BCUT2D eigenvalue weighted by molar-refractivity contribution is 6.30. The zero-order chi connectivity index (χ0) is 14.5. The zero-order valence-corrected chi connectivity index (χ0v) is 12.0. The molecule has 1 atom stereocenters. The van der Waals surface area contributed by atoms with Crippen LogP contribution in [-0.2, 0) is 0 Å². The number of nitrogen functional groups attached to an aromatic ring is 1. The third-order valence-electron chi connectivity index (χ3n) is 3.11. The Hall–Kier alpha value is -2.00. The SMILES string of the molecule is CCC(NC(=O)c1cccc(N)c1)c1cccc(Cl)c1. The van der Waals surface area contributed by atoms with Crippen molar-refractivity contribution in [2.45, 2.75) is 19.4 Å². The van der Waals surface area contributed by atoms with E-state index in [-0.39, 0.29) is 11.9 Å². The van der Waals surface area contributed by atoms with Gasteiger partial charge >= 0.3 is 0 Å². The average molecular weight is 289 g/mol. The molecule has 20 heavy (non-hydrogen) atoms. The molecule has 1 unspecified atom stereocenters.